The van der Waals surface area contributed by atoms with Crippen molar-refractivity contribution in [2.75, 3.05) is 0 Å². The zero-order chi connectivity index (χ0) is 11.0. The van der Waals surface area contributed by atoms with Crippen LogP contribution in [0.3, 0.4) is 0 Å². The Bertz CT molecular complexity index is 614. The molecule has 0 amide bonds. The van der Waals surface area contributed by atoms with Crippen molar-refractivity contribution in [2.45, 2.75) is 0 Å². The maximum Gasteiger partial charge on any atom is 0.488 e. The summed E-state index contributed by atoms with van der Waals surface area (Å²) in [5.41, 5.74) is -0.362. The topological polar surface area (TPSA) is 104 Å². The fraction of sp³-hybridized carbons (Fsp3) is 0. The van der Waals surface area contributed by atoms with E-state index in [9.17, 15) is 9.59 Å². The molecule has 6 nitrogen and oxygen atoms in total. The SMILES string of the molecule is O=c1[nH]c(=O)c2cc(B(O)O)ccc2o1. The number of aromatic amines is 1. The lowest BCUT2D eigenvalue weighted by molar-refractivity contribution is 0.426. The highest BCUT2D eigenvalue weighted by Crippen LogP contribution is 2.03. The maximum atomic E-state index is 11.3. The van der Waals surface area contributed by atoms with Crippen molar-refractivity contribution in [1.29, 1.82) is 0 Å². The summed E-state index contributed by atoms with van der Waals surface area (Å²) in [6, 6.07) is 3.94. The second kappa shape index (κ2) is 3.37. The van der Waals surface area contributed by atoms with E-state index in [4.69, 9.17) is 14.5 Å². The first-order valence-electron chi connectivity index (χ1n) is 4.11. The Morgan fingerprint density at radius 1 is 1.27 bits per heavy atom. The lowest BCUT2D eigenvalue weighted by Crippen LogP contribution is -2.30. The molecule has 0 aliphatic carbocycles. The quantitative estimate of drug-likeness (QED) is 0.476. The Morgan fingerprint density at radius 3 is 2.67 bits per heavy atom. The molecule has 2 rings (SSSR count). The number of hydrogen-bond acceptors (Lipinski definition) is 5. The molecule has 1 aromatic heterocycles. The van der Waals surface area contributed by atoms with Gasteiger partial charge in [-0.25, -0.2) is 4.79 Å². The van der Waals surface area contributed by atoms with Crippen LogP contribution < -0.4 is 16.8 Å². The van der Waals surface area contributed by atoms with Crippen molar-refractivity contribution in [3.05, 3.63) is 39.1 Å². The molecule has 0 aliphatic rings. The summed E-state index contributed by atoms with van der Waals surface area (Å²) < 4.78 is 4.70. The molecule has 0 atom stereocenters. The monoisotopic (exact) mass is 207 g/mol. The Labute approximate surface area is 82.9 Å². The van der Waals surface area contributed by atoms with Gasteiger partial charge in [-0.1, -0.05) is 6.07 Å². The summed E-state index contributed by atoms with van der Waals surface area (Å²) in [6.07, 6.45) is 0. The maximum absolute atomic E-state index is 11.3. The molecule has 2 aromatic rings. The van der Waals surface area contributed by atoms with Crippen LogP contribution in [-0.2, 0) is 0 Å². The van der Waals surface area contributed by atoms with E-state index in [0.717, 1.165) is 0 Å². The molecule has 3 N–H and O–H groups in total. The highest BCUT2D eigenvalue weighted by atomic mass is 16.4. The fourth-order valence-corrected chi connectivity index (χ4v) is 1.26. The van der Waals surface area contributed by atoms with Crippen LogP contribution in [-0.4, -0.2) is 22.2 Å². The number of fused-ring (bicyclic) bond motifs is 1. The summed E-state index contributed by atoms with van der Waals surface area (Å²) in [5, 5.41) is 17.9. The minimum absolute atomic E-state index is 0.0974. The van der Waals surface area contributed by atoms with Gasteiger partial charge in [0, 0.05) is 0 Å². The zero-order valence-corrected chi connectivity index (χ0v) is 7.43. The molecule has 15 heavy (non-hydrogen) atoms. The van der Waals surface area contributed by atoms with E-state index in [1.165, 1.54) is 18.2 Å². The summed E-state index contributed by atoms with van der Waals surface area (Å²) in [6.45, 7) is 0. The van der Waals surface area contributed by atoms with Crippen LogP contribution in [0.1, 0.15) is 0 Å². The molecule has 0 bridgehead atoms. The Balaban J connectivity index is 2.83. The van der Waals surface area contributed by atoms with Gasteiger partial charge in [-0.3, -0.25) is 9.78 Å². The molecule has 7 heteroatoms. The highest BCUT2D eigenvalue weighted by Gasteiger charge is 2.12. The average Bonchev–Trinajstić information content (AvgIpc) is 2.16. The van der Waals surface area contributed by atoms with E-state index < -0.39 is 18.4 Å². The Kier molecular flexibility index (Phi) is 2.18. The first-order chi connectivity index (χ1) is 7.08. The minimum Gasteiger partial charge on any atom is -0.423 e. The van der Waals surface area contributed by atoms with Crippen LogP contribution in [0, 0.1) is 0 Å². The second-order valence-electron chi connectivity index (χ2n) is 2.97. The van der Waals surface area contributed by atoms with Gasteiger partial charge in [0.25, 0.3) is 5.56 Å². The molecule has 0 fully saturated rings. The van der Waals surface area contributed by atoms with Crippen molar-refractivity contribution in [3.63, 3.8) is 0 Å². The largest absolute Gasteiger partial charge is 0.488 e. The molecule has 1 heterocycles. The second-order valence-corrected chi connectivity index (χ2v) is 2.97. The third-order valence-corrected chi connectivity index (χ3v) is 1.96. The molecule has 0 spiro atoms. The Morgan fingerprint density at radius 2 is 2.00 bits per heavy atom. The third kappa shape index (κ3) is 1.70. The molecule has 76 valence electrons. The van der Waals surface area contributed by atoms with Gasteiger partial charge in [-0.05, 0) is 17.6 Å². The number of aromatic nitrogens is 1. The normalized spacial score (nSPS) is 10.5. The van der Waals surface area contributed by atoms with E-state index in [0.29, 0.717) is 0 Å². The lowest BCUT2D eigenvalue weighted by Gasteiger charge is -1.99. The van der Waals surface area contributed by atoms with E-state index in [1.54, 1.807) is 0 Å². The third-order valence-electron chi connectivity index (χ3n) is 1.96. The van der Waals surface area contributed by atoms with E-state index in [1.807, 2.05) is 4.98 Å². The van der Waals surface area contributed by atoms with E-state index >= 15 is 0 Å². The van der Waals surface area contributed by atoms with Gasteiger partial charge in [0.05, 0.1) is 5.39 Å². The van der Waals surface area contributed by atoms with E-state index in [2.05, 4.69) is 0 Å². The van der Waals surface area contributed by atoms with Crippen molar-refractivity contribution in [2.24, 2.45) is 0 Å². The van der Waals surface area contributed by atoms with Crippen LogP contribution in [0.2, 0.25) is 0 Å². The fourth-order valence-electron chi connectivity index (χ4n) is 1.26. The van der Waals surface area contributed by atoms with Crippen LogP contribution in [0.15, 0.2) is 32.2 Å². The van der Waals surface area contributed by atoms with Crippen molar-refractivity contribution >= 4 is 23.6 Å². The first-order valence-corrected chi connectivity index (χ1v) is 4.11. The predicted octanol–water partition coefficient (Wildman–Crippen LogP) is -1.84. The van der Waals surface area contributed by atoms with Crippen molar-refractivity contribution in [3.8, 4) is 0 Å². The minimum atomic E-state index is -1.67. The summed E-state index contributed by atoms with van der Waals surface area (Å²) in [4.78, 5) is 24.0. The molecule has 0 saturated heterocycles. The van der Waals surface area contributed by atoms with Gasteiger partial charge >= 0.3 is 12.9 Å². The summed E-state index contributed by atoms with van der Waals surface area (Å²) >= 11 is 0. The first kappa shape index (κ1) is 9.69. The molecule has 0 aliphatic heterocycles. The number of nitrogens with one attached hydrogen (secondary N) is 1. The highest BCUT2D eigenvalue weighted by molar-refractivity contribution is 6.58. The standard InChI is InChI=1S/C8H6BNO5/c11-7-5-3-4(9(13)14)1-2-6(5)15-8(12)10-7/h1-3,13-14H,(H,10,11,12). The average molecular weight is 207 g/mol. The molecule has 0 saturated carbocycles. The summed E-state index contributed by atoms with van der Waals surface area (Å²) in [7, 11) is -1.67. The number of rotatable bonds is 1. The van der Waals surface area contributed by atoms with Gasteiger partial charge in [0.1, 0.15) is 5.58 Å². The number of H-pyrrole nitrogens is 1. The summed E-state index contributed by atoms with van der Waals surface area (Å²) in [5.74, 6) is -0.843. The smallest absolute Gasteiger partial charge is 0.423 e. The van der Waals surface area contributed by atoms with Gasteiger partial charge < -0.3 is 14.5 Å². The van der Waals surface area contributed by atoms with Crippen molar-refractivity contribution < 1.29 is 14.5 Å². The molecular weight excluding hydrogens is 201 g/mol. The van der Waals surface area contributed by atoms with Gasteiger partial charge in [-0.15, -0.1) is 0 Å². The van der Waals surface area contributed by atoms with Crippen LogP contribution in [0.4, 0.5) is 0 Å². The Hall–Kier alpha value is -1.86. The molecule has 1 aromatic carbocycles. The van der Waals surface area contributed by atoms with Gasteiger partial charge in [-0.2, -0.15) is 0 Å². The molecular formula is C8H6BNO5. The van der Waals surface area contributed by atoms with Crippen LogP contribution in [0.25, 0.3) is 11.0 Å². The number of hydrogen-bond donors (Lipinski definition) is 3. The van der Waals surface area contributed by atoms with Gasteiger partial charge in [0.2, 0.25) is 0 Å². The van der Waals surface area contributed by atoms with Crippen molar-refractivity contribution in [1.82, 2.24) is 4.98 Å². The predicted molar refractivity (Wildman–Crippen MR) is 52.9 cm³/mol. The molecule has 0 radical (unpaired) electrons. The van der Waals surface area contributed by atoms with E-state index in [-0.39, 0.29) is 16.4 Å². The van der Waals surface area contributed by atoms with Crippen LogP contribution in [0.5, 0.6) is 0 Å². The number of benzene rings is 1. The van der Waals surface area contributed by atoms with Gasteiger partial charge in [0.15, 0.2) is 0 Å². The lowest BCUT2D eigenvalue weighted by atomic mass is 9.80. The molecule has 0 unspecified atom stereocenters. The van der Waals surface area contributed by atoms with Crippen LogP contribution >= 0.6 is 0 Å². The zero-order valence-electron chi connectivity index (χ0n) is 7.43.